The average Bonchev–Trinajstić information content (AvgIpc) is 3.13. The van der Waals surface area contributed by atoms with Crippen LogP contribution < -0.4 is 5.73 Å². The Labute approximate surface area is 139 Å². The van der Waals surface area contributed by atoms with Crippen LogP contribution in [0, 0.1) is 12.8 Å². The first kappa shape index (κ1) is 15.5. The van der Waals surface area contributed by atoms with Gasteiger partial charge in [-0.2, -0.15) is 0 Å². The molecule has 1 fully saturated rings. The van der Waals surface area contributed by atoms with Crippen LogP contribution >= 0.6 is 22.9 Å². The zero-order valence-electron chi connectivity index (χ0n) is 12.5. The van der Waals surface area contributed by atoms with Crippen molar-refractivity contribution >= 4 is 28.8 Å². The van der Waals surface area contributed by atoms with E-state index < -0.39 is 0 Å². The Balaban J connectivity index is 1.85. The van der Waals surface area contributed by atoms with Crippen molar-refractivity contribution < 1.29 is 4.79 Å². The van der Waals surface area contributed by atoms with E-state index in [1.807, 2.05) is 42.2 Å². The number of carbonyl (C=O) groups is 1. The standard InChI is InChI=1S/C17H19ClN2OS/c1-11-7-15(17(21)20-6-5-12(9-19)10-20)22-16(11)13-3-2-4-14(18)8-13/h2-4,7-8,12H,5-6,9-10,19H2,1H3/t12-/m0/s1. The summed E-state index contributed by atoms with van der Waals surface area (Å²) in [5.74, 6) is 0.565. The normalized spacial score (nSPS) is 18.0. The highest BCUT2D eigenvalue weighted by Crippen LogP contribution is 2.34. The van der Waals surface area contributed by atoms with Crippen molar-refractivity contribution in [3.63, 3.8) is 0 Å². The summed E-state index contributed by atoms with van der Waals surface area (Å²) in [5.41, 5.74) is 7.89. The fourth-order valence-electron chi connectivity index (χ4n) is 2.87. The third-order valence-corrected chi connectivity index (χ3v) is 5.63. The molecule has 1 amide bonds. The highest BCUT2D eigenvalue weighted by atomic mass is 35.5. The molecule has 0 aliphatic carbocycles. The molecule has 0 bridgehead atoms. The van der Waals surface area contributed by atoms with E-state index in [0.29, 0.717) is 17.5 Å². The Kier molecular flexibility index (Phi) is 4.52. The number of thiophene rings is 1. The molecule has 1 saturated heterocycles. The van der Waals surface area contributed by atoms with Gasteiger partial charge in [0.15, 0.2) is 0 Å². The highest BCUT2D eigenvalue weighted by molar-refractivity contribution is 7.17. The molecule has 2 aromatic rings. The monoisotopic (exact) mass is 334 g/mol. The van der Waals surface area contributed by atoms with Crippen molar-refractivity contribution in [3.05, 3.63) is 45.8 Å². The molecule has 22 heavy (non-hydrogen) atoms. The molecule has 1 aromatic heterocycles. The lowest BCUT2D eigenvalue weighted by atomic mass is 10.1. The third kappa shape index (κ3) is 3.05. The minimum Gasteiger partial charge on any atom is -0.338 e. The lowest BCUT2D eigenvalue weighted by Gasteiger charge is -2.14. The number of carbonyl (C=O) groups excluding carboxylic acids is 1. The summed E-state index contributed by atoms with van der Waals surface area (Å²) in [6.07, 6.45) is 1.01. The van der Waals surface area contributed by atoms with E-state index >= 15 is 0 Å². The molecule has 3 nitrogen and oxygen atoms in total. The smallest absolute Gasteiger partial charge is 0.263 e. The van der Waals surface area contributed by atoms with Gasteiger partial charge in [-0.15, -0.1) is 11.3 Å². The van der Waals surface area contributed by atoms with E-state index in [2.05, 4.69) is 0 Å². The third-order valence-electron chi connectivity index (χ3n) is 4.12. The topological polar surface area (TPSA) is 46.3 Å². The second-order valence-corrected chi connectivity index (χ2v) is 7.26. The molecule has 2 N–H and O–H groups in total. The van der Waals surface area contributed by atoms with Gasteiger partial charge in [-0.1, -0.05) is 23.7 Å². The van der Waals surface area contributed by atoms with Crippen LogP contribution in [0.25, 0.3) is 10.4 Å². The first-order chi connectivity index (χ1) is 10.6. The number of likely N-dealkylation sites (tertiary alicyclic amines) is 1. The van der Waals surface area contributed by atoms with Gasteiger partial charge in [0.1, 0.15) is 0 Å². The SMILES string of the molecule is Cc1cc(C(=O)N2CC[C@@H](CN)C2)sc1-c1cccc(Cl)c1. The number of amides is 1. The number of halogens is 1. The van der Waals surface area contributed by atoms with Crippen molar-refractivity contribution in [2.75, 3.05) is 19.6 Å². The molecular formula is C17H19ClN2OS. The Morgan fingerprint density at radius 1 is 1.45 bits per heavy atom. The van der Waals surface area contributed by atoms with Gasteiger partial charge in [0.05, 0.1) is 4.88 Å². The van der Waals surface area contributed by atoms with Crippen LogP contribution in [0.3, 0.4) is 0 Å². The maximum absolute atomic E-state index is 12.6. The van der Waals surface area contributed by atoms with Gasteiger partial charge < -0.3 is 10.6 Å². The quantitative estimate of drug-likeness (QED) is 0.928. The maximum Gasteiger partial charge on any atom is 0.263 e. The van der Waals surface area contributed by atoms with Gasteiger partial charge in [-0.3, -0.25) is 4.79 Å². The van der Waals surface area contributed by atoms with Gasteiger partial charge in [0, 0.05) is 23.0 Å². The number of hydrogen-bond donors (Lipinski definition) is 1. The van der Waals surface area contributed by atoms with Gasteiger partial charge in [-0.05, 0) is 55.1 Å². The van der Waals surface area contributed by atoms with Gasteiger partial charge in [-0.25, -0.2) is 0 Å². The fraction of sp³-hybridized carbons (Fsp3) is 0.353. The van der Waals surface area contributed by atoms with Crippen LogP contribution in [0.4, 0.5) is 0 Å². The van der Waals surface area contributed by atoms with E-state index in [0.717, 1.165) is 40.4 Å². The summed E-state index contributed by atoms with van der Waals surface area (Å²) in [6.45, 7) is 4.28. The van der Waals surface area contributed by atoms with E-state index in [1.54, 1.807) is 11.3 Å². The largest absolute Gasteiger partial charge is 0.338 e. The van der Waals surface area contributed by atoms with Gasteiger partial charge in [0.25, 0.3) is 5.91 Å². The highest BCUT2D eigenvalue weighted by Gasteiger charge is 2.27. The molecule has 2 heterocycles. The number of aryl methyl sites for hydroxylation is 1. The first-order valence-electron chi connectivity index (χ1n) is 7.44. The molecule has 1 atom stereocenters. The lowest BCUT2D eigenvalue weighted by molar-refractivity contribution is 0.0792. The van der Waals surface area contributed by atoms with E-state index in [9.17, 15) is 4.79 Å². The zero-order chi connectivity index (χ0) is 15.7. The first-order valence-corrected chi connectivity index (χ1v) is 8.63. The number of rotatable bonds is 3. The number of nitrogens with two attached hydrogens (primary N) is 1. The van der Waals surface area contributed by atoms with Crippen LogP contribution in [-0.4, -0.2) is 30.4 Å². The summed E-state index contributed by atoms with van der Waals surface area (Å²) >= 11 is 7.61. The summed E-state index contributed by atoms with van der Waals surface area (Å²) < 4.78 is 0. The van der Waals surface area contributed by atoms with Crippen molar-refractivity contribution in [1.29, 1.82) is 0 Å². The maximum atomic E-state index is 12.6. The minimum atomic E-state index is 0.123. The van der Waals surface area contributed by atoms with Crippen LogP contribution in [0.15, 0.2) is 30.3 Å². The van der Waals surface area contributed by atoms with Gasteiger partial charge >= 0.3 is 0 Å². The van der Waals surface area contributed by atoms with E-state index in [1.165, 1.54) is 0 Å². The molecule has 0 saturated carbocycles. The Bertz CT molecular complexity index is 698. The summed E-state index contributed by atoms with van der Waals surface area (Å²) in [5, 5.41) is 0.712. The van der Waals surface area contributed by atoms with Crippen LogP contribution in [0.1, 0.15) is 21.7 Å². The fourth-order valence-corrected chi connectivity index (χ4v) is 4.20. The zero-order valence-corrected chi connectivity index (χ0v) is 14.1. The predicted molar refractivity (Wildman–Crippen MR) is 92.6 cm³/mol. The Hall–Kier alpha value is -1.36. The van der Waals surface area contributed by atoms with Crippen LogP contribution in [0.2, 0.25) is 5.02 Å². The molecule has 5 heteroatoms. The molecule has 0 unspecified atom stereocenters. The Morgan fingerprint density at radius 3 is 2.95 bits per heavy atom. The molecule has 0 spiro atoms. The Morgan fingerprint density at radius 2 is 2.27 bits per heavy atom. The van der Waals surface area contributed by atoms with Crippen molar-refractivity contribution in [3.8, 4) is 10.4 Å². The lowest BCUT2D eigenvalue weighted by Crippen LogP contribution is -2.29. The molecule has 1 aromatic carbocycles. The minimum absolute atomic E-state index is 0.123. The van der Waals surface area contributed by atoms with Crippen LogP contribution in [0.5, 0.6) is 0 Å². The average molecular weight is 335 g/mol. The molecule has 116 valence electrons. The summed E-state index contributed by atoms with van der Waals surface area (Å²) in [4.78, 5) is 16.5. The second-order valence-electron chi connectivity index (χ2n) is 5.77. The molecule has 0 radical (unpaired) electrons. The van der Waals surface area contributed by atoms with E-state index in [4.69, 9.17) is 17.3 Å². The number of nitrogens with zero attached hydrogens (tertiary/aromatic N) is 1. The molecule has 1 aliphatic rings. The van der Waals surface area contributed by atoms with Crippen molar-refractivity contribution in [2.24, 2.45) is 11.7 Å². The number of hydrogen-bond acceptors (Lipinski definition) is 3. The van der Waals surface area contributed by atoms with Crippen molar-refractivity contribution in [1.82, 2.24) is 4.90 Å². The molecular weight excluding hydrogens is 316 g/mol. The summed E-state index contributed by atoms with van der Waals surface area (Å²) in [6, 6.07) is 9.75. The van der Waals surface area contributed by atoms with Gasteiger partial charge in [0.2, 0.25) is 0 Å². The van der Waals surface area contributed by atoms with Crippen LogP contribution in [-0.2, 0) is 0 Å². The second kappa shape index (κ2) is 6.41. The molecule has 1 aliphatic heterocycles. The molecule has 3 rings (SSSR count). The van der Waals surface area contributed by atoms with E-state index in [-0.39, 0.29) is 5.91 Å². The summed E-state index contributed by atoms with van der Waals surface area (Å²) in [7, 11) is 0. The van der Waals surface area contributed by atoms with Crippen molar-refractivity contribution in [2.45, 2.75) is 13.3 Å². The number of benzene rings is 1. The predicted octanol–water partition coefficient (Wildman–Crippen LogP) is 3.80.